The minimum absolute atomic E-state index is 0.0202. The Morgan fingerprint density at radius 1 is 1.21 bits per heavy atom. The van der Waals surface area contributed by atoms with Crippen LogP contribution in [0.3, 0.4) is 0 Å². The molecule has 0 saturated heterocycles. The van der Waals surface area contributed by atoms with Crippen molar-refractivity contribution >= 4 is 49.5 Å². The van der Waals surface area contributed by atoms with Crippen molar-refractivity contribution in [3.63, 3.8) is 0 Å². The van der Waals surface area contributed by atoms with Crippen molar-refractivity contribution in [1.82, 2.24) is 0 Å². The lowest BCUT2D eigenvalue weighted by atomic mass is 10.3. The summed E-state index contributed by atoms with van der Waals surface area (Å²) >= 11 is 6.65. The van der Waals surface area contributed by atoms with E-state index in [0.29, 0.717) is 5.69 Å². The molecule has 0 saturated carbocycles. The van der Waals surface area contributed by atoms with Crippen molar-refractivity contribution in [3.05, 3.63) is 38.9 Å². The van der Waals surface area contributed by atoms with Crippen molar-refractivity contribution < 1.29 is 19.1 Å². The van der Waals surface area contributed by atoms with Crippen LogP contribution in [-0.2, 0) is 19.1 Å². The lowest BCUT2D eigenvalue weighted by Crippen LogP contribution is -2.15. The fourth-order valence-corrected chi connectivity index (χ4v) is 1.88. The number of anilines is 1. The van der Waals surface area contributed by atoms with Gasteiger partial charge in [-0.3, -0.25) is 0 Å². The van der Waals surface area contributed by atoms with Crippen molar-refractivity contribution in [2.75, 3.05) is 19.5 Å². The zero-order chi connectivity index (χ0) is 14.4. The number of hydrogen-bond donors (Lipinski definition) is 1. The number of ether oxygens (including phenoxy) is 2. The van der Waals surface area contributed by atoms with Gasteiger partial charge in [0.25, 0.3) is 0 Å². The molecular formula is C12H11Br2NO4. The molecule has 1 N–H and O–H groups in total. The van der Waals surface area contributed by atoms with Gasteiger partial charge in [0, 0.05) is 8.95 Å². The summed E-state index contributed by atoms with van der Waals surface area (Å²) in [5, 5.41) is 2.81. The summed E-state index contributed by atoms with van der Waals surface area (Å²) in [5.74, 6) is -1.32. The molecular weight excluding hydrogens is 382 g/mol. The highest BCUT2D eigenvalue weighted by Gasteiger charge is 2.14. The van der Waals surface area contributed by atoms with Crippen LogP contribution in [0.5, 0.6) is 0 Å². The van der Waals surface area contributed by atoms with Crippen molar-refractivity contribution in [2.24, 2.45) is 0 Å². The number of esters is 2. The zero-order valence-corrected chi connectivity index (χ0v) is 13.4. The quantitative estimate of drug-likeness (QED) is 0.630. The smallest absolute Gasteiger partial charge is 0.354 e. The largest absolute Gasteiger partial charge is 0.466 e. The molecule has 0 amide bonds. The number of halogens is 2. The average Bonchev–Trinajstić information content (AvgIpc) is 2.40. The summed E-state index contributed by atoms with van der Waals surface area (Å²) in [5.41, 5.74) is 0.586. The standard InChI is InChI=1S/C12H11Br2NO4/c1-18-11(16)6-10(12(17)19-2)15-9-5-7(13)3-4-8(9)14/h3-6,15H,1-2H3/b10-6+. The Bertz CT molecular complexity index is 528. The predicted octanol–water partition coefficient (Wildman–Crippen LogP) is 2.85. The van der Waals surface area contributed by atoms with E-state index >= 15 is 0 Å². The second-order valence-electron chi connectivity index (χ2n) is 3.32. The van der Waals surface area contributed by atoms with E-state index in [9.17, 15) is 9.59 Å². The summed E-state index contributed by atoms with van der Waals surface area (Å²) in [6.45, 7) is 0. The second-order valence-corrected chi connectivity index (χ2v) is 5.09. The number of benzene rings is 1. The molecule has 102 valence electrons. The van der Waals surface area contributed by atoms with Crippen LogP contribution in [-0.4, -0.2) is 26.2 Å². The van der Waals surface area contributed by atoms with Crippen molar-refractivity contribution in [3.8, 4) is 0 Å². The summed E-state index contributed by atoms with van der Waals surface area (Å²) in [7, 11) is 2.45. The Hall–Kier alpha value is -1.34. The molecule has 0 radical (unpaired) electrons. The SMILES string of the molecule is COC(=O)/C=C(/Nc1cc(Br)ccc1Br)C(=O)OC. The fraction of sp³-hybridized carbons (Fsp3) is 0.167. The van der Waals surface area contributed by atoms with Gasteiger partial charge in [-0.15, -0.1) is 0 Å². The first kappa shape index (κ1) is 15.7. The van der Waals surface area contributed by atoms with Crippen molar-refractivity contribution in [1.29, 1.82) is 0 Å². The Kier molecular flexibility index (Phi) is 6.04. The third-order valence-electron chi connectivity index (χ3n) is 2.07. The molecule has 0 aromatic heterocycles. The second kappa shape index (κ2) is 7.30. The Morgan fingerprint density at radius 2 is 1.89 bits per heavy atom. The predicted molar refractivity (Wildman–Crippen MR) is 77.6 cm³/mol. The average molecular weight is 393 g/mol. The lowest BCUT2D eigenvalue weighted by molar-refractivity contribution is -0.138. The van der Waals surface area contributed by atoms with Crippen molar-refractivity contribution in [2.45, 2.75) is 0 Å². The molecule has 0 spiro atoms. The number of carbonyl (C=O) groups excluding carboxylic acids is 2. The minimum Gasteiger partial charge on any atom is -0.466 e. The number of nitrogens with one attached hydrogen (secondary N) is 1. The van der Waals surface area contributed by atoms with E-state index in [0.717, 1.165) is 15.0 Å². The van der Waals surface area contributed by atoms with Crippen LogP contribution in [0.2, 0.25) is 0 Å². The molecule has 5 nitrogen and oxygen atoms in total. The lowest BCUT2D eigenvalue weighted by Gasteiger charge is -2.11. The highest BCUT2D eigenvalue weighted by molar-refractivity contribution is 9.11. The molecule has 0 heterocycles. The molecule has 0 fully saturated rings. The van der Waals surface area contributed by atoms with Crippen LogP contribution in [0.15, 0.2) is 38.9 Å². The van der Waals surface area contributed by atoms with E-state index in [1.165, 1.54) is 14.2 Å². The van der Waals surface area contributed by atoms with E-state index in [2.05, 4.69) is 46.7 Å². The third-order valence-corrected chi connectivity index (χ3v) is 3.25. The van der Waals surface area contributed by atoms with E-state index in [-0.39, 0.29) is 5.70 Å². The molecule has 1 aromatic carbocycles. The van der Waals surface area contributed by atoms with Gasteiger partial charge in [-0.05, 0) is 34.1 Å². The zero-order valence-electron chi connectivity index (χ0n) is 10.2. The number of carbonyl (C=O) groups is 2. The van der Waals surface area contributed by atoms with Gasteiger partial charge in [-0.2, -0.15) is 0 Å². The molecule has 0 unspecified atom stereocenters. The van der Waals surface area contributed by atoms with Crippen LogP contribution in [0.25, 0.3) is 0 Å². The molecule has 7 heteroatoms. The highest BCUT2D eigenvalue weighted by atomic mass is 79.9. The minimum atomic E-state index is -0.669. The maximum atomic E-state index is 11.6. The van der Waals surface area contributed by atoms with Crippen LogP contribution in [0, 0.1) is 0 Å². The van der Waals surface area contributed by atoms with Crippen LogP contribution < -0.4 is 5.32 Å². The van der Waals surface area contributed by atoms with E-state index in [4.69, 9.17) is 0 Å². The van der Waals surface area contributed by atoms with Crippen LogP contribution in [0.1, 0.15) is 0 Å². The first-order valence-electron chi connectivity index (χ1n) is 5.08. The molecule has 0 aliphatic heterocycles. The Labute approximate surface area is 127 Å². The first-order valence-corrected chi connectivity index (χ1v) is 6.66. The van der Waals surface area contributed by atoms with E-state index in [1.807, 2.05) is 6.07 Å². The summed E-state index contributed by atoms with van der Waals surface area (Å²) in [6.07, 6.45) is 1.03. The fourth-order valence-electron chi connectivity index (χ4n) is 1.17. The molecule has 1 rings (SSSR count). The normalized spacial score (nSPS) is 10.8. The highest BCUT2D eigenvalue weighted by Crippen LogP contribution is 2.27. The summed E-state index contributed by atoms with van der Waals surface area (Å²) < 4.78 is 10.6. The van der Waals surface area contributed by atoms with Crippen LogP contribution in [0.4, 0.5) is 5.69 Å². The van der Waals surface area contributed by atoms with E-state index in [1.54, 1.807) is 12.1 Å². The van der Waals surface area contributed by atoms with E-state index < -0.39 is 11.9 Å². The van der Waals surface area contributed by atoms with Gasteiger partial charge in [-0.25, -0.2) is 9.59 Å². The summed E-state index contributed by atoms with van der Waals surface area (Å²) in [6, 6.07) is 5.37. The molecule has 0 aliphatic carbocycles. The number of rotatable bonds is 4. The molecule has 1 aromatic rings. The first-order chi connectivity index (χ1) is 8.97. The Morgan fingerprint density at radius 3 is 2.47 bits per heavy atom. The maximum Gasteiger partial charge on any atom is 0.354 e. The topological polar surface area (TPSA) is 64.6 Å². The van der Waals surface area contributed by atoms with Gasteiger partial charge in [-0.1, -0.05) is 15.9 Å². The monoisotopic (exact) mass is 391 g/mol. The third kappa shape index (κ3) is 4.68. The molecule has 0 aliphatic rings. The molecule has 0 atom stereocenters. The number of hydrogen-bond acceptors (Lipinski definition) is 5. The van der Waals surface area contributed by atoms with Gasteiger partial charge in [0.2, 0.25) is 0 Å². The maximum absolute atomic E-state index is 11.6. The number of methoxy groups -OCH3 is 2. The van der Waals surface area contributed by atoms with Crippen LogP contribution >= 0.6 is 31.9 Å². The molecule has 0 bridgehead atoms. The Balaban J connectivity index is 3.07. The van der Waals surface area contributed by atoms with Gasteiger partial charge < -0.3 is 14.8 Å². The van der Waals surface area contributed by atoms with Gasteiger partial charge >= 0.3 is 11.9 Å². The molecule has 19 heavy (non-hydrogen) atoms. The van der Waals surface area contributed by atoms with Gasteiger partial charge in [0.15, 0.2) is 0 Å². The van der Waals surface area contributed by atoms with Gasteiger partial charge in [0.1, 0.15) is 5.70 Å². The summed E-state index contributed by atoms with van der Waals surface area (Å²) in [4.78, 5) is 22.8. The van der Waals surface area contributed by atoms with Gasteiger partial charge in [0.05, 0.1) is 26.0 Å².